The summed E-state index contributed by atoms with van der Waals surface area (Å²) >= 11 is 6.04. The number of ether oxygens (including phenoxy) is 1. The molecule has 0 N–H and O–H groups in total. The van der Waals surface area contributed by atoms with E-state index in [1.807, 2.05) is 36.4 Å². The first-order valence-corrected chi connectivity index (χ1v) is 7.27. The Bertz CT molecular complexity index is 556. The average Bonchev–Trinajstić information content (AvgIpc) is 2.45. The van der Waals surface area contributed by atoms with Crippen LogP contribution in [0.4, 0.5) is 5.69 Å². The summed E-state index contributed by atoms with van der Waals surface area (Å²) in [6.07, 6.45) is 0. The zero-order chi connectivity index (χ0) is 14.4. The highest BCUT2D eigenvalue weighted by molar-refractivity contribution is 6.30. The third-order valence-electron chi connectivity index (χ3n) is 3.27. The normalized spacial score (nSPS) is 10.3. The van der Waals surface area contributed by atoms with E-state index >= 15 is 0 Å². The number of likely N-dealkylation sites (N-methyl/N-ethyl adjacent to an activating group) is 1. The average molecular weight is 290 g/mol. The number of hydrogen-bond donors (Lipinski definition) is 0. The van der Waals surface area contributed by atoms with Crippen molar-refractivity contribution >= 4 is 17.3 Å². The summed E-state index contributed by atoms with van der Waals surface area (Å²) in [7, 11) is 0. The number of aryl methyl sites for hydroxylation is 1. The number of nitrogens with zero attached hydrogens (tertiary/aromatic N) is 1. The van der Waals surface area contributed by atoms with Gasteiger partial charge in [0.2, 0.25) is 0 Å². The third kappa shape index (κ3) is 3.91. The molecule has 0 amide bonds. The van der Waals surface area contributed by atoms with Gasteiger partial charge < -0.3 is 9.64 Å². The van der Waals surface area contributed by atoms with Crippen LogP contribution in [-0.4, -0.2) is 19.7 Å². The zero-order valence-corrected chi connectivity index (χ0v) is 12.7. The van der Waals surface area contributed by atoms with Gasteiger partial charge in [0.25, 0.3) is 0 Å². The Kier molecular flexibility index (Phi) is 5.31. The molecule has 0 bridgehead atoms. The van der Waals surface area contributed by atoms with Gasteiger partial charge in [-0.15, -0.1) is 0 Å². The number of para-hydroxylation sites is 1. The molecule has 0 aromatic heterocycles. The van der Waals surface area contributed by atoms with Gasteiger partial charge in [-0.1, -0.05) is 35.9 Å². The highest BCUT2D eigenvalue weighted by Crippen LogP contribution is 2.20. The molecule has 0 aliphatic heterocycles. The molecule has 3 heteroatoms. The molecule has 0 atom stereocenters. The lowest BCUT2D eigenvalue weighted by atomic mass is 10.2. The fraction of sp³-hybridized carbons (Fsp3) is 0.294. The molecular formula is C17H20ClNO. The van der Waals surface area contributed by atoms with E-state index in [2.05, 4.69) is 30.9 Å². The first kappa shape index (κ1) is 14.7. The van der Waals surface area contributed by atoms with E-state index < -0.39 is 0 Å². The Balaban J connectivity index is 1.93. The molecule has 2 nitrogen and oxygen atoms in total. The lowest BCUT2D eigenvalue weighted by Gasteiger charge is -2.23. The van der Waals surface area contributed by atoms with Crippen molar-refractivity contribution in [3.63, 3.8) is 0 Å². The van der Waals surface area contributed by atoms with Crippen molar-refractivity contribution in [1.29, 1.82) is 0 Å². The van der Waals surface area contributed by atoms with Crippen molar-refractivity contribution in [3.8, 4) is 5.75 Å². The number of rotatable bonds is 6. The van der Waals surface area contributed by atoms with Crippen molar-refractivity contribution in [2.24, 2.45) is 0 Å². The van der Waals surface area contributed by atoms with E-state index in [0.29, 0.717) is 6.61 Å². The van der Waals surface area contributed by atoms with Gasteiger partial charge in [0.05, 0.1) is 6.54 Å². The highest BCUT2D eigenvalue weighted by atomic mass is 35.5. The molecule has 0 saturated carbocycles. The molecule has 0 fully saturated rings. The summed E-state index contributed by atoms with van der Waals surface area (Å²) in [5, 5.41) is 0.765. The summed E-state index contributed by atoms with van der Waals surface area (Å²) in [5.74, 6) is 0.953. The van der Waals surface area contributed by atoms with Crippen LogP contribution < -0.4 is 9.64 Å². The molecule has 0 spiro atoms. The molecule has 0 radical (unpaired) electrons. The standard InChI is InChI=1S/C17H20ClNO/c1-3-19(16-9-6-8-15(18)13-16)11-12-20-17-10-5-4-7-14(17)2/h4-10,13H,3,11-12H2,1-2H3. The van der Waals surface area contributed by atoms with Crippen molar-refractivity contribution in [2.75, 3.05) is 24.6 Å². The van der Waals surface area contributed by atoms with Crippen molar-refractivity contribution in [3.05, 3.63) is 59.1 Å². The van der Waals surface area contributed by atoms with Crippen molar-refractivity contribution < 1.29 is 4.74 Å². The molecule has 0 aliphatic rings. The predicted octanol–water partition coefficient (Wildman–Crippen LogP) is 4.55. The van der Waals surface area contributed by atoms with Crippen LogP contribution in [0.5, 0.6) is 5.75 Å². The van der Waals surface area contributed by atoms with E-state index in [0.717, 1.165) is 29.5 Å². The molecule has 2 rings (SSSR count). The van der Waals surface area contributed by atoms with Gasteiger partial charge in [-0.2, -0.15) is 0 Å². The summed E-state index contributed by atoms with van der Waals surface area (Å²) in [5.41, 5.74) is 2.30. The monoisotopic (exact) mass is 289 g/mol. The number of halogens is 1. The van der Waals surface area contributed by atoms with Crippen LogP contribution in [0.1, 0.15) is 12.5 Å². The van der Waals surface area contributed by atoms with Gasteiger partial charge in [0, 0.05) is 17.3 Å². The molecule has 0 aliphatic carbocycles. The van der Waals surface area contributed by atoms with Crippen LogP contribution in [-0.2, 0) is 0 Å². The minimum Gasteiger partial charge on any atom is -0.491 e. The largest absolute Gasteiger partial charge is 0.491 e. The second-order valence-electron chi connectivity index (χ2n) is 4.67. The first-order chi connectivity index (χ1) is 9.70. The van der Waals surface area contributed by atoms with Gasteiger partial charge in [0.15, 0.2) is 0 Å². The fourth-order valence-electron chi connectivity index (χ4n) is 2.13. The Morgan fingerprint density at radius 3 is 2.60 bits per heavy atom. The maximum Gasteiger partial charge on any atom is 0.122 e. The summed E-state index contributed by atoms with van der Waals surface area (Å²) in [6.45, 7) is 6.62. The molecular weight excluding hydrogens is 270 g/mol. The van der Waals surface area contributed by atoms with Gasteiger partial charge >= 0.3 is 0 Å². The lowest BCUT2D eigenvalue weighted by molar-refractivity contribution is 0.322. The zero-order valence-electron chi connectivity index (χ0n) is 12.0. The number of anilines is 1. The van der Waals surface area contributed by atoms with Gasteiger partial charge in [-0.05, 0) is 43.7 Å². The van der Waals surface area contributed by atoms with Gasteiger partial charge in [-0.3, -0.25) is 0 Å². The molecule has 2 aromatic rings. The van der Waals surface area contributed by atoms with E-state index in [9.17, 15) is 0 Å². The maximum absolute atomic E-state index is 6.04. The second kappa shape index (κ2) is 7.20. The number of benzene rings is 2. The molecule has 2 aromatic carbocycles. The fourth-order valence-corrected chi connectivity index (χ4v) is 2.31. The Hall–Kier alpha value is -1.67. The van der Waals surface area contributed by atoms with Crippen LogP contribution in [0.2, 0.25) is 5.02 Å². The Labute approximate surface area is 125 Å². The van der Waals surface area contributed by atoms with Crippen molar-refractivity contribution in [2.45, 2.75) is 13.8 Å². The third-order valence-corrected chi connectivity index (χ3v) is 3.50. The minimum absolute atomic E-state index is 0.658. The molecule has 0 heterocycles. The smallest absolute Gasteiger partial charge is 0.122 e. The molecule has 20 heavy (non-hydrogen) atoms. The lowest BCUT2D eigenvalue weighted by Crippen LogP contribution is -2.28. The van der Waals surface area contributed by atoms with E-state index in [1.165, 1.54) is 5.56 Å². The first-order valence-electron chi connectivity index (χ1n) is 6.89. The van der Waals surface area contributed by atoms with Crippen LogP contribution in [0.25, 0.3) is 0 Å². The van der Waals surface area contributed by atoms with Crippen LogP contribution in [0.3, 0.4) is 0 Å². The summed E-state index contributed by atoms with van der Waals surface area (Å²) < 4.78 is 5.85. The van der Waals surface area contributed by atoms with Crippen LogP contribution in [0, 0.1) is 6.92 Å². The predicted molar refractivity (Wildman–Crippen MR) is 86.0 cm³/mol. The second-order valence-corrected chi connectivity index (χ2v) is 5.11. The molecule has 0 saturated heterocycles. The molecule has 106 valence electrons. The quantitative estimate of drug-likeness (QED) is 0.773. The van der Waals surface area contributed by atoms with Crippen LogP contribution >= 0.6 is 11.6 Å². The minimum atomic E-state index is 0.658. The number of hydrogen-bond acceptors (Lipinski definition) is 2. The van der Waals surface area contributed by atoms with E-state index in [-0.39, 0.29) is 0 Å². The maximum atomic E-state index is 6.04. The Morgan fingerprint density at radius 1 is 1.10 bits per heavy atom. The Morgan fingerprint density at radius 2 is 1.90 bits per heavy atom. The van der Waals surface area contributed by atoms with Gasteiger partial charge in [0.1, 0.15) is 12.4 Å². The molecule has 0 unspecified atom stereocenters. The van der Waals surface area contributed by atoms with E-state index in [4.69, 9.17) is 16.3 Å². The SMILES string of the molecule is CCN(CCOc1ccccc1C)c1cccc(Cl)c1. The highest BCUT2D eigenvalue weighted by Gasteiger charge is 2.05. The summed E-state index contributed by atoms with van der Waals surface area (Å²) in [6, 6.07) is 16.0. The van der Waals surface area contributed by atoms with Crippen LogP contribution in [0.15, 0.2) is 48.5 Å². The van der Waals surface area contributed by atoms with Crippen molar-refractivity contribution in [1.82, 2.24) is 0 Å². The summed E-state index contributed by atoms with van der Waals surface area (Å²) in [4.78, 5) is 2.25. The topological polar surface area (TPSA) is 12.5 Å². The van der Waals surface area contributed by atoms with E-state index in [1.54, 1.807) is 0 Å². The van der Waals surface area contributed by atoms with Gasteiger partial charge in [-0.25, -0.2) is 0 Å².